The van der Waals surface area contributed by atoms with Gasteiger partial charge in [0.1, 0.15) is 0 Å². The van der Waals surface area contributed by atoms with E-state index in [-0.39, 0.29) is 16.7 Å². The van der Waals surface area contributed by atoms with Gasteiger partial charge in [-0.1, -0.05) is 41.5 Å². The molecule has 0 bridgehead atoms. The fourth-order valence-corrected chi connectivity index (χ4v) is 2.16. The van der Waals surface area contributed by atoms with Crippen LogP contribution in [0.2, 0.25) is 0 Å². The maximum Gasteiger partial charge on any atom is 0.238 e. The number of likely N-dealkylation sites (N-methyl/N-ethyl adjacent to an activating group) is 1. The number of hydrogen-bond acceptors (Lipinski definition) is 2. The molecule has 0 unspecified atom stereocenters. The Hall–Kier alpha value is -0.830. The fraction of sp³-hybridized carbons (Fsp3) is 0.786. The lowest BCUT2D eigenvalue weighted by molar-refractivity contribution is -0.121. The molecule has 3 heteroatoms. The number of nitrogens with one attached hydrogen (secondary N) is 1. The Kier molecular flexibility index (Phi) is 3.72. The standard InChI is InChI=1S/C14H26N2O/c1-13(2,3)10-8-16(7)9-11(17)15-12(10)14(4,5)6/h8-9H2,1-7H3,(H,15,17). The zero-order valence-corrected chi connectivity index (χ0v) is 12.3. The Morgan fingerprint density at radius 3 is 1.94 bits per heavy atom. The monoisotopic (exact) mass is 238 g/mol. The molecule has 0 atom stereocenters. The van der Waals surface area contributed by atoms with Crippen molar-refractivity contribution in [3.63, 3.8) is 0 Å². The van der Waals surface area contributed by atoms with Crippen molar-refractivity contribution in [3.05, 3.63) is 11.3 Å². The van der Waals surface area contributed by atoms with E-state index in [0.717, 1.165) is 12.2 Å². The lowest BCUT2D eigenvalue weighted by Gasteiger charge is -2.32. The van der Waals surface area contributed by atoms with Gasteiger partial charge in [-0.3, -0.25) is 9.69 Å². The number of carbonyl (C=O) groups is 1. The Balaban J connectivity index is 3.30. The van der Waals surface area contributed by atoms with Gasteiger partial charge in [-0.05, 0) is 18.0 Å². The molecule has 1 aliphatic heterocycles. The number of nitrogens with zero attached hydrogens (tertiary/aromatic N) is 1. The average molecular weight is 238 g/mol. The molecule has 1 rings (SSSR count). The summed E-state index contributed by atoms with van der Waals surface area (Å²) in [5.74, 6) is 0.0941. The van der Waals surface area contributed by atoms with Gasteiger partial charge in [0.25, 0.3) is 0 Å². The Bertz CT molecular complexity index is 342. The summed E-state index contributed by atoms with van der Waals surface area (Å²) in [6.45, 7) is 14.4. The summed E-state index contributed by atoms with van der Waals surface area (Å²) < 4.78 is 0. The third-order valence-corrected chi connectivity index (χ3v) is 3.06. The lowest BCUT2D eigenvalue weighted by Crippen LogP contribution is -2.34. The molecular formula is C14H26N2O. The number of rotatable bonds is 0. The van der Waals surface area contributed by atoms with E-state index in [2.05, 4.69) is 51.8 Å². The molecule has 0 spiro atoms. The van der Waals surface area contributed by atoms with E-state index in [1.165, 1.54) is 5.57 Å². The quantitative estimate of drug-likeness (QED) is 0.703. The molecular weight excluding hydrogens is 212 g/mol. The minimum absolute atomic E-state index is 0.0244. The summed E-state index contributed by atoms with van der Waals surface area (Å²) in [4.78, 5) is 13.9. The minimum Gasteiger partial charge on any atom is -0.328 e. The third-order valence-electron chi connectivity index (χ3n) is 3.06. The van der Waals surface area contributed by atoms with E-state index in [1.807, 2.05) is 7.05 Å². The second-order valence-corrected chi connectivity index (χ2v) is 7.07. The van der Waals surface area contributed by atoms with Gasteiger partial charge in [0, 0.05) is 17.7 Å². The van der Waals surface area contributed by atoms with E-state index in [1.54, 1.807) is 0 Å². The van der Waals surface area contributed by atoms with Gasteiger partial charge in [0.05, 0.1) is 6.54 Å². The molecule has 0 aromatic heterocycles. The van der Waals surface area contributed by atoms with E-state index < -0.39 is 0 Å². The topological polar surface area (TPSA) is 32.3 Å². The second-order valence-electron chi connectivity index (χ2n) is 7.07. The van der Waals surface area contributed by atoms with Gasteiger partial charge in [-0.15, -0.1) is 0 Å². The van der Waals surface area contributed by atoms with Crippen LogP contribution in [0.25, 0.3) is 0 Å². The summed E-state index contributed by atoms with van der Waals surface area (Å²) in [6.07, 6.45) is 0. The van der Waals surface area contributed by atoms with Crippen LogP contribution >= 0.6 is 0 Å². The molecule has 1 heterocycles. The first-order chi connectivity index (χ1) is 7.51. The molecule has 17 heavy (non-hydrogen) atoms. The maximum atomic E-state index is 11.8. The van der Waals surface area contributed by atoms with Crippen molar-refractivity contribution >= 4 is 5.91 Å². The van der Waals surface area contributed by atoms with Crippen molar-refractivity contribution in [2.24, 2.45) is 10.8 Å². The molecule has 1 N–H and O–H groups in total. The van der Waals surface area contributed by atoms with Crippen LogP contribution in [0.15, 0.2) is 11.3 Å². The van der Waals surface area contributed by atoms with Gasteiger partial charge in [0.15, 0.2) is 0 Å². The minimum atomic E-state index is -0.0244. The first kappa shape index (κ1) is 14.2. The smallest absolute Gasteiger partial charge is 0.238 e. The predicted molar refractivity (Wildman–Crippen MR) is 71.6 cm³/mol. The molecule has 0 aromatic rings. The molecule has 98 valence electrons. The predicted octanol–water partition coefficient (Wildman–Crippen LogP) is 2.39. The normalized spacial score (nSPS) is 20.3. The first-order valence-corrected chi connectivity index (χ1v) is 6.24. The zero-order valence-electron chi connectivity index (χ0n) is 12.3. The molecule has 0 saturated carbocycles. The van der Waals surface area contributed by atoms with Crippen molar-refractivity contribution < 1.29 is 4.79 Å². The summed E-state index contributed by atoms with van der Waals surface area (Å²) >= 11 is 0. The molecule has 0 fully saturated rings. The molecule has 1 aliphatic rings. The summed E-state index contributed by atoms with van der Waals surface area (Å²) in [5, 5.41) is 3.10. The lowest BCUT2D eigenvalue weighted by atomic mass is 9.78. The van der Waals surface area contributed by atoms with E-state index in [9.17, 15) is 4.79 Å². The van der Waals surface area contributed by atoms with Gasteiger partial charge < -0.3 is 5.32 Å². The number of hydrogen-bond donors (Lipinski definition) is 1. The van der Waals surface area contributed by atoms with Crippen LogP contribution in [-0.2, 0) is 4.79 Å². The number of allylic oxidation sites excluding steroid dienone is 1. The highest BCUT2D eigenvalue weighted by molar-refractivity contribution is 5.80. The van der Waals surface area contributed by atoms with E-state index >= 15 is 0 Å². The van der Waals surface area contributed by atoms with Gasteiger partial charge in [0.2, 0.25) is 5.91 Å². The van der Waals surface area contributed by atoms with Crippen LogP contribution in [-0.4, -0.2) is 30.9 Å². The van der Waals surface area contributed by atoms with Crippen LogP contribution in [0, 0.1) is 10.8 Å². The number of carbonyl (C=O) groups excluding carboxylic acids is 1. The van der Waals surface area contributed by atoms with E-state index in [0.29, 0.717) is 6.54 Å². The highest BCUT2D eigenvalue weighted by atomic mass is 16.2. The van der Waals surface area contributed by atoms with Crippen LogP contribution in [0.3, 0.4) is 0 Å². The molecule has 3 nitrogen and oxygen atoms in total. The van der Waals surface area contributed by atoms with Crippen molar-refractivity contribution in [2.75, 3.05) is 20.1 Å². The van der Waals surface area contributed by atoms with Crippen LogP contribution < -0.4 is 5.32 Å². The van der Waals surface area contributed by atoms with Gasteiger partial charge in [-0.2, -0.15) is 0 Å². The van der Waals surface area contributed by atoms with Gasteiger partial charge >= 0.3 is 0 Å². The van der Waals surface area contributed by atoms with Crippen LogP contribution in [0.1, 0.15) is 41.5 Å². The average Bonchev–Trinajstić information content (AvgIpc) is 2.21. The molecule has 0 radical (unpaired) electrons. The largest absolute Gasteiger partial charge is 0.328 e. The van der Waals surface area contributed by atoms with Crippen molar-refractivity contribution in [3.8, 4) is 0 Å². The molecule has 0 aromatic carbocycles. The SMILES string of the molecule is CN1CC(=O)NC(C(C)(C)C)=C(C(C)(C)C)C1. The zero-order chi connectivity index (χ0) is 13.4. The molecule has 0 aliphatic carbocycles. The summed E-state index contributed by atoms with van der Waals surface area (Å²) in [6, 6.07) is 0. The van der Waals surface area contributed by atoms with Crippen LogP contribution in [0.4, 0.5) is 0 Å². The maximum absolute atomic E-state index is 11.8. The Labute approximate surface area is 105 Å². The summed E-state index contributed by atoms with van der Waals surface area (Å²) in [5.41, 5.74) is 2.48. The van der Waals surface area contributed by atoms with E-state index in [4.69, 9.17) is 0 Å². The molecule has 0 saturated heterocycles. The Morgan fingerprint density at radius 1 is 1.00 bits per heavy atom. The van der Waals surface area contributed by atoms with Crippen molar-refractivity contribution in [2.45, 2.75) is 41.5 Å². The highest BCUT2D eigenvalue weighted by Crippen LogP contribution is 2.36. The van der Waals surface area contributed by atoms with Crippen molar-refractivity contribution in [1.82, 2.24) is 10.2 Å². The Morgan fingerprint density at radius 2 is 1.53 bits per heavy atom. The van der Waals surface area contributed by atoms with Crippen molar-refractivity contribution in [1.29, 1.82) is 0 Å². The van der Waals surface area contributed by atoms with Crippen LogP contribution in [0.5, 0.6) is 0 Å². The second kappa shape index (κ2) is 4.45. The first-order valence-electron chi connectivity index (χ1n) is 6.24. The highest BCUT2D eigenvalue weighted by Gasteiger charge is 2.32. The molecule has 1 amide bonds. The van der Waals surface area contributed by atoms with Gasteiger partial charge in [-0.25, -0.2) is 0 Å². The summed E-state index contributed by atoms with van der Waals surface area (Å²) in [7, 11) is 2.00. The third kappa shape index (κ3) is 3.56. The fourth-order valence-electron chi connectivity index (χ4n) is 2.16. The number of amides is 1.